The third kappa shape index (κ3) is 8.33. The van der Waals surface area contributed by atoms with E-state index in [-0.39, 0.29) is 17.4 Å². The molecule has 2 aromatic carbocycles. The second kappa shape index (κ2) is 13.6. The Labute approximate surface area is 193 Å². The van der Waals surface area contributed by atoms with Crippen LogP contribution < -0.4 is 14.8 Å². The van der Waals surface area contributed by atoms with Gasteiger partial charge in [-0.05, 0) is 42.8 Å². The van der Waals surface area contributed by atoms with Gasteiger partial charge in [-0.1, -0.05) is 38.3 Å². The van der Waals surface area contributed by atoms with Crippen molar-refractivity contribution in [3.8, 4) is 11.5 Å². The zero-order valence-electron chi connectivity index (χ0n) is 19.1. The van der Waals surface area contributed by atoms with Gasteiger partial charge in [-0.2, -0.15) is 0 Å². The third-order valence-electron chi connectivity index (χ3n) is 4.58. The van der Waals surface area contributed by atoms with E-state index in [0.717, 1.165) is 26.0 Å². The van der Waals surface area contributed by atoms with Crippen molar-refractivity contribution in [2.24, 2.45) is 0 Å². The number of carbonyl (C=O) groups excluding carboxylic acids is 3. The largest absolute Gasteiger partial charge is 0.494 e. The number of nitrogens with one attached hydrogen (secondary N) is 1. The van der Waals surface area contributed by atoms with Crippen LogP contribution in [0, 0.1) is 0 Å². The second-order valence-electron chi connectivity index (χ2n) is 7.01. The van der Waals surface area contributed by atoms with Crippen molar-refractivity contribution in [3.05, 3.63) is 65.9 Å². The molecule has 0 saturated heterocycles. The van der Waals surface area contributed by atoms with Crippen LogP contribution in [-0.2, 0) is 19.1 Å². The summed E-state index contributed by atoms with van der Waals surface area (Å²) in [6.07, 6.45) is 5.35. The molecule has 0 fully saturated rings. The molecule has 1 N–H and O–H groups in total. The summed E-state index contributed by atoms with van der Waals surface area (Å²) in [7, 11) is 2.33. The van der Waals surface area contributed by atoms with Gasteiger partial charge in [0.05, 0.1) is 32.6 Å². The summed E-state index contributed by atoms with van der Waals surface area (Å²) >= 11 is 0. The number of para-hydroxylation sites is 2. The summed E-state index contributed by atoms with van der Waals surface area (Å²) in [5, 5.41) is 2.74. The smallest absolute Gasteiger partial charge is 0.374 e. The van der Waals surface area contributed by atoms with Crippen LogP contribution in [0.1, 0.15) is 43.0 Å². The average molecular weight is 456 g/mol. The topological polar surface area (TPSA) is 100 Å². The van der Waals surface area contributed by atoms with Gasteiger partial charge in [0.25, 0.3) is 5.91 Å². The fourth-order valence-electron chi connectivity index (χ4n) is 2.79. The first kappa shape index (κ1) is 25.5. The minimum absolute atomic E-state index is 0.151. The molecule has 0 bridgehead atoms. The summed E-state index contributed by atoms with van der Waals surface area (Å²) < 4.78 is 20.4. The van der Waals surface area contributed by atoms with E-state index < -0.39 is 11.9 Å². The zero-order valence-corrected chi connectivity index (χ0v) is 19.1. The Balaban J connectivity index is 2.07. The molecule has 2 rings (SSSR count). The van der Waals surface area contributed by atoms with Gasteiger partial charge in [-0.3, -0.25) is 4.79 Å². The Bertz CT molecular complexity index is 967. The molecular formula is C25H29NO7. The predicted octanol–water partition coefficient (Wildman–Crippen LogP) is 4.51. The lowest BCUT2D eigenvalue weighted by atomic mass is 10.2. The van der Waals surface area contributed by atoms with Crippen LogP contribution in [0.25, 0.3) is 0 Å². The number of amides is 1. The van der Waals surface area contributed by atoms with E-state index in [9.17, 15) is 14.4 Å². The van der Waals surface area contributed by atoms with Gasteiger partial charge in [-0.15, -0.1) is 0 Å². The van der Waals surface area contributed by atoms with Crippen molar-refractivity contribution in [2.75, 3.05) is 26.1 Å². The van der Waals surface area contributed by atoms with E-state index in [1.54, 1.807) is 48.5 Å². The van der Waals surface area contributed by atoms with Crippen molar-refractivity contribution in [3.63, 3.8) is 0 Å². The molecule has 0 aliphatic carbocycles. The number of methoxy groups -OCH3 is 2. The SMILES string of the molecule is CCCCCCOc1ccc(C(=O)Nc2ccccc2O/C(=C\C(=O)OC)C(=O)OC)cc1. The maximum atomic E-state index is 12.7. The maximum absolute atomic E-state index is 12.7. The van der Waals surface area contributed by atoms with Crippen molar-refractivity contribution >= 4 is 23.5 Å². The molecule has 0 unspecified atom stereocenters. The number of hydrogen-bond donors (Lipinski definition) is 1. The standard InChI is InChI=1S/C25H29NO7/c1-4-5-6-9-16-32-19-14-12-18(13-15-19)24(28)26-20-10-7-8-11-21(20)33-22(25(29)31-3)17-23(27)30-2/h7-8,10-15,17H,4-6,9,16H2,1-3H3,(H,26,28)/b22-17-. The van der Waals surface area contributed by atoms with Crippen molar-refractivity contribution in [1.29, 1.82) is 0 Å². The molecule has 2 aromatic rings. The highest BCUT2D eigenvalue weighted by Crippen LogP contribution is 2.27. The van der Waals surface area contributed by atoms with Crippen LogP contribution in [0.5, 0.6) is 11.5 Å². The number of ether oxygens (including phenoxy) is 4. The molecule has 8 nitrogen and oxygen atoms in total. The van der Waals surface area contributed by atoms with E-state index >= 15 is 0 Å². The number of carbonyl (C=O) groups is 3. The monoisotopic (exact) mass is 455 g/mol. The molecule has 176 valence electrons. The number of rotatable bonds is 12. The second-order valence-corrected chi connectivity index (χ2v) is 7.01. The first-order chi connectivity index (χ1) is 16.0. The Morgan fingerprint density at radius 3 is 2.30 bits per heavy atom. The van der Waals surface area contributed by atoms with Crippen LogP contribution >= 0.6 is 0 Å². The van der Waals surface area contributed by atoms with Crippen LogP contribution in [0.3, 0.4) is 0 Å². The molecule has 0 heterocycles. The fraction of sp³-hybridized carbons (Fsp3) is 0.320. The van der Waals surface area contributed by atoms with E-state index in [2.05, 4.69) is 21.7 Å². The van der Waals surface area contributed by atoms with Gasteiger partial charge >= 0.3 is 11.9 Å². The molecule has 0 radical (unpaired) electrons. The molecule has 0 aliphatic rings. The Morgan fingerprint density at radius 1 is 0.909 bits per heavy atom. The van der Waals surface area contributed by atoms with Crippen LogP contribution in [0.4, 0.5) is 5.69 Å². The van der Waals surface area contributed by atoms with Gasteiger partial charge in [0, 0.05) is 5.56 Å². The molecule has 33 heavy (non-hydrogen) atoms. The quantitative estimate of drug-likeness (QED) is 0.218. The van der Waals surface area contributed by atoms with Gasteiger partial charge in [-0.25, -0.2) is 9.59 Å². The normalized spacial score (nSPS) is 10.8. The number of unbranched alkanes of at least 4 members (excludes halogenated alkanes) is 3. The van der Waals surface area contributed by atoms with Crippen molar-refractivity contribution < 1.29 is 33.3 Å². The number of anilines is 1. The summed E-state index contributed by atoms with van der Waals surface area (Å²) in [6.45, 7) is 2.80. The van der Waals surface area contributed by atoms with E-state index in [1.807, 2.05) is 0 Å². The number of benzene rings is 2. The first-order valence-corrected chi connectivity index (χ1v) is 10.7. The highest BCUT2D eigenvalue weighted by molar-refractivity contribution is 6.05. The molecule has 0 spiro atoms. The number of hydrogen-bond acceptors (Lipinski definition) is 7. The van der Waals surface area contributed by atoms with E-state index in [1.165, 1.54) is 20.0 Å². The lowest BCUT2D eigenvalue weighted by Gasteiger charge is -2.13. The predicted molar refractivity (Wildman–Crippen MR) is 123 cm³/mol. The lowest BCUT2D eigenvalue weighted by Crippen LogP contribution is -2.16. The zero-order chi connectivity index (χ0) is 24.1. The average Bonchev–Trinajstić information content (AvgIpc) is 2.84. The van der Waals surface area contributed by atoms with Gasteiger partial charge < -0.3 is 24.3 Å². The van der Waals surface area contributed by atoms with Crippen molar-refractivity contribution in [2.45, 2.75) is 32.6 Å². The molecule has 1 amide bonds. The van der Waals surface area contributed by atoms with Crippen LogP contribution in [0.2, 0.25) is 0 Å². The summed E-state index contributed by atoms with van der Waals surface area (Å²) in [6, 6.07) is 13.3. The van der Waals surface area contributed by atoms with Gasteiger partial charge in [0.1, 0.15) is 5.75 Å². The Morgan fingerprint density at radius 2 is 1.64 bits per heavy atom. The van der Waals surface area contributed by atoms with E-state index in [4.69, 9.17) is 9.47 Å². The van der Waals surface area contributed by atoms with Crippen LogP contribution in [0.15, 0.2) is 60.4 Å². The van der Waals surface area contributed by atoms with E-state index in [0.29, 0.717) is 23.6 Å². The lowest BCUT2D eigenvalue weighted by molar-refractivity contribution is -0.140. The minimum Gasteiger partial charge on any atom is -0.494 e. The fourth-order valence-corrected chi connectivity index (χ4v) is 2.79. The molecule has 0 atom stereocenters. The third-order valence-corrected chi connectivity index (χ3v) is 4.58. The molecule has 0 aliphatic heterocycles. The molecule has 8 heteroatoms. The Hall–Kier alpha value is -3.81. The molecule has 0 aromatic heterocycles. The highest BCUT2D eigenvalue weighted by Gasteiger charge is 2.18. The summed E-state index contributed by atoms with van der Waals surface area (Å²) in [5.74, 6) is -1.57. The highest BCUT2D eigenvalue weighted by atomic mass is 16.6. The summed E-state index contributed by atoms with van der Waals surface area (Å²) in [4.78, 5) is 36.2. The first-order valence-electron chi connectivity index (χ1n) is 10.7. The molecule has 0 saturated carbocycles. The molecular weight excluding hydrogens is 426 g/mol. The minimum atomic E-state index is -0.869. The van der Waals surface area contributed by atoms with Crippen LogP contribution in [-0.4, -0.2) is 38.7 Å². The Kier molecular flexibility index (Phi) is 10.5. The van der Waals surface area contributed by atoms with Crippen molar-refractivity contribution in [1.82, 2.24) is 0 Å². The van der Waals surface area contributed by atoms with Gasteiger partial charge in [0.15, 0.2) is 5.75 Å². The number of esters is 2. The maximum Gasteiger partial charge on any atom is 0.374 e. The van der Waals surface area contributed by atoms with Gasteiger partial charge in [0.2, 0.25) is 5.76 Å². The summed E-state index contributed by atoms with van der Waals surface area (Å²) in [5.41, 5.74) is 0.722.